The van der Waals surface area contributed by atoms with Crippen LogP contribution in [0.1, 0.15) is 41.6 Å². The molecule has 0 aliphatic heterocycles. The van der Waals surface area contributed by atoms with Crippen molar-refractivity contribution in [2.75, 3.05) is 4.90 Å². The van der Waals surface area contributed by atoms with Gasteiger partial charge < -0.3 is 5.73 Å². The van der Waals surface area contributed by atoms with Crippen molar-refractivity contribution >= 4 is 45.7 Å². The van der Waals surface area contributed by atoms with Gasteiger partial charge >= 0.3 is 12.2 Å². The smallest absolute Gasteiger partial charge is 0.351 e. The Labute approximate surface area is 196 Å². The van der Waals surface area contributed by atoms with Gasteiger partial charge in [0.2, 0.25) is 0 Å². The fraction of sp³-hybridized carbons (Fsp3) is 0.273. The largest absolute Gasteiger partial charge is 0.416 e. The molecule has 11 heteroatoms. The van der Waals surface area contributed by atoms with Crippen molar-refractivity contribution in [2.45, 2.75) is 41.1 Å². The number of rotatable bonds is 6. The third-order valence-electron chi connectivity index (χ3n) is 5.28. The molecule has 6 nitrogen and oxygen atoms in total. The number of halogens is 3. The lowest BCUT2D eigenvalue weighted by Crippen LogP contribution is -2.33. The van der Waals surface area contributed by atoms with Crippen LogP contribution in [-0.4, -0.2) is 21.8 Å². The van der Waals surface area contributed by atoms with Crippen molar-refractivity contribution in [2.24, 2.45) is 11.7 Å². The summed E-state index contributed by atoms with van der Waals surface area (Å²) in [5, 5.41) is 0.867. The zero-order chi connectivity index (χ0) is 23.6. The maximum atomic E-state index is 13.4. The lowest BCUT2D eigenvalue weighted by atomic mass is 9.93. The number of carbonyl (C=O) groups is 2. The molecule has 1 saturated carbocycles. The van der Waals surface area contributed by atoms with Crippen LogP contribution in [0.3, 0.4) is 0 Å². The number of hydrogen-bond donors (Lipinski definition) is 1. The van der Waals surface area contributed by atoms with Gasteiger partial charge in [-0.25, -0.2) is 19.7 Å². The summed E-state index contributed by atoms with van der Waals surface area (Å²) < 4.78 is 40.9. The highest BCUT2D eigenvalue weighted by Gasteiger charge is 2.35. The molecule has 4 rings (SSSR count). The molecule has 1 aliphatic carbocycles. The summed E-state index contributed by atoms with van der Waals surface area (Å²) in [6, 6.07) is 7.24. The quantitative estimate of drug-likeness (QED) is 0.408. The fourth-order valence-electron chi connectivity index (χ4n) is 3.74. The van der Waals surface area contributed by atoms with Crippen LogP contribution in [0.15, 0.2) is 58.0 Å². The number of carbonyl (C=O) groups excluding carboxylic acids is 2. The van der Waals surface area contributed by atoms with Crippen molar-refractivity contribution in [3.63, 3.8) is 0 Å². The molecule has 2 aromatic heterocycles. The number of hydrogen-bond acceptors (Lipinski definition) is 6. The highest BCUT2D eigenvalue weighted by molar-refractivity contribution is 8.01. The summed E-state index contributed by atoms with van der Waals surface area (Å²) in [5.74, 6) is -0.798. The molecule has 0 atom stereocenters. The number of ketones is 1. The number of thiazole rings is 1. The number of nitrogens with two attached hydrogens (primary N) is 1. The number of anilines is 2. The Hall–Kier alpha value is -2.92. The molecular weight excluding hydrogens is 473 g/mol. The Bertz CT molecular complexity index is 1160. The van der Waals surface area contributed by atoms with Gasteiger partial charge in [-0.05, 0) is 43.2 Å². The second-order valence-corrected chi connectivity index (χ2v) is 9.81. The summed E-state index contributed by atoms with van der Waals surface area (Å²) in [4.78, 5) is 35.0. The standard InChI is InChI=1S/C22H19F3N4O2S2/c23-22(24,25)14-8-9-16(15(11-14)19(30)13-5-1-2-6-13)29(20(26)31)21-28-12-18(33-21)32-17-7-3-4-10-27-17/h3-4,7-13H,1-2,5-6H2,(H2,26,31). The van der Waals surface area contributed by atoms with Crippen molar-refractivity contribution in [3.8, 4) is 0 Å². The molecule has 2 amide bonds. The van der Waals surface area contributed by atoms with Crippen molar-refractivity contribution in [1.82, 2.24) is 9.97 Å². The Morgan fingerprint density at radius 1 is 1.12 bits per heavy atom. The number of benzene rings is 1. The van der Waals surface area contributed by atoms with Crippen LogP contribution in [0.2, 0.25) is 0 Å². The summed E-state index contributed by atoms with van der Waals surface area (Å²) in [5.41, 5.74) is 4.47. The molecule has 3 aromatic rings. The normalized spacial score (nSPS) is 14.4. The van der Waals surface area contributed by atoms with Gasteiger partial charge in [-0.1, -0.05) is 42.0 Å². The van der Waals surface area contributed by atoms with Crippen molar-refractivity contribution in [3.05, 3.63) is 59.9 Å². The first kappa shape index (κ1) is 23.2. The van der Waals surface area contributed by atoms with Gasteiger partial charge in [-0.2, -0.15) is 13.2 Å². The lowest BCUT2D eigenvalue weighted by molar-refractivity contribution is -0.137. The van der Waals surface area contributed by atoms with E-state index in [4.69, 9.17) is 5.73 Å². The molecule has 2 heterocycles. The monoisotopic (exact) mass is 492 g/mol. The van der Waals surface area contributed by atoms with E-state index in [0.717, 1.165) is 47.3 Å². The Balaban J connectivity index is 1.74. The first-order chi connectivity index (χ1) is 15.7. The molecule has 1 aliphatic rings. The van der Waals surface area contributed by atoms with Crippen LogP contribution in [0.4, 0.5) is 28.8 Å². The third kappa shape index (κ3) is 5.19. The van der Waals surface area contributed by atoms with Gasteiger partial charge in [-0.3, -0.25) is 4.79 Å². The summed E-state index contributed by atoms with van der Waals surface area (Å²) in [7, 11) is 0. The summed E-state index contributed by atoms with van der Waals surface area (Å²) in [6.45, 7) is 0. The van der Waals surface area contributed by atoms with E-state index in [0.29, 0.717) is 22.1 Å². The van der Waals surface area contributed by atoms with Crippen LogP contribution in [0.25, 0.3) is 0 Å². The molecular formula is C22H19F3N4O2S2. The maximum Gasteiger partial charge on any atom is 0.416 e. The molecule has 172 valence electrons. The number of aromatic nitrogens is 2. The molecule has 0 bridgehead atoms. The number of amides is 2. The van der Waals surface area contributed by atoms with Crippen LogP contribution < -0.4 is 10.6 Å². The van der Waals surface area contributed by atoms with Gasteiger partial charge in [0.05, 0.1) is 21.7 Å². The van der Waals surface area contributed by atoms with Crippen LogP contribution in [0.5, 0.6) is 0 Å². The second kappa shape index (κ2) is 9.52. The summed E-state index contributed by atoms with van der Waals surface area (Å²) >= 11 is 2.44. The summed E-state index contributed by atoms with van der Waals surface area (Å²) in [6.07, 6.45) is 1.42. The number of Topliss-reactive ketones (excluding diaryl/α,β-unsaturated/α-hetero) is 1. The number of alkyl halides is 3. The minimum Gasteiger partial charge on any atom is -0.351 e. The van der Waals surface area contributed by atoms with Gasteiger partial charge in [-0.15, -0.1) is 0 Å². The van der Waals surface area contributed by atoms with E-state index < -0.39 is 23.6 Å². The molecule has 0 spiro atoms. The van der Waals surface area contributed by atoms with Gasteiger partial charge in [0, 0.05) is 17.7 Å². The van der Waals surface area contributed by atoms with E-state index in [-0.39, 0.29) is 22.3 Å². The lowest BCUT2D eigenvalue weighted by Gasteiger charge is -2.22. The molecule has 1 fully saturated rings. The first-order valence-electron chi connectivity index (χ1n) is 10.1. The fourth-order valence-corrected chi connectivity index (χ4v) is 5.63. The van der Waals surface area contributed by atoms with E-state index in [1.54, 1.807) is 12.3 Å². The zero-order valence-electron chi connectivity index (χ0n) is 17.2. The zero-order valence-corrected chi connectivity index (χ0v) is 18.8. The predicted molar refractivity (Wildman–Crippen MR) is 120 cm³/mol. The third-order valence-corrected chi connectivity index (χ3v) is 7.32. The number of pyridine rings is 1. The van der Waals surface area contributed by atoms with Gasteiger partial charge in [0.1, 0.15) is 5.03 Å². The van der Waals surface area contributed by atoms with E-state index in [1.165, 1.54) is 18.0 Å². The molecule has 33 heavy (non-hydrogen) atoms. The highest BCUT2D eigenvalue weighted by Crippen LogP contribution is 2.41. The van der Waals surface area contributed by atoms with E-state index >= 15 is 0 Å². The SMILES string of the molecule is NC(=O)N(c1ncc(Sc2ccccn2)s1)c1ccc(C(F)(F)F)cc1C(=O)C1CCCC1. The van der Waals surface area contributed by atoms with Crippen LogP contribution in [0, 0.1) is 5.92 Å². The van der Waals surface area contributed by atoms with E-state index in [9.17, 15) is 22.8 Å². The topological polar surface area (TPSA) is 89.2 Å². The van der Waals surface area contributed by atoms with E-state index in [1.807, 2.05) is 12.1 Å². The average molecular weight is 493 g/mol. The molecule has 0 radical (unpaired) electrons. The average Bonchev–Trinajstić information content (AvgIpc) is 3.46. The van der Waals surface area contributed by atoms with E-state index in [2.05, 4.69) is 9.97 Å². The van der Waals surface area contributed by atoms with Crippen molar-refractivity contribution in [1.29, 1.82) is 0 Å². The maximum absolute atomic E-state index is 13.4. The molecule has 0 saturated heterocycles. The Kier molecular flexibility index (Phi) is 6.71. The Morgan fingerprint density at radius 2 is 1.88 bits per heavy atom. The number of urea groups is 1. The number of primary amides is 1. The Morgan fingerprint density at radius 3 is 2.52 bits per heavy atom. The minimum atomic E-state index is -4.63. The first-order valence-corrected chi connectivity index (χ1v) is 11.8. The molecule has 2 N–H and O–H groups in total. The number of nitrogens with zero attached hydrogens (tertiary/aromatic N) is 3. The molecule has 1 aromatic carbocycles. The van der Waals surface area contributed by atoms with Crippen molar-refractivity contribution < 1.29 is 22.8 Å². The predicted octanol–water partition coefficient (Wildman–Crippen LogP) is 6.30. The van der Waals surface area contributed by atoms with Gasteiger partial charge in [0.25, 0.3) is 0 Å². The van der Waals surface area contributed by atoms with Gasteiger partial charge in [0.15, 0.2) is 10.9 Å². The highest BCUT2D eigenvalue weighted by atomic mass is 32.2. The van der Waals surface area contributed by atoms with Crippen LogP contribution >= 0.6 is 23.1 Å². The van der Waals surface area contributed by atoms with Crippen LogP contribution in [-0.2, 0) is 6.18 Å². The molecule has 0 unspecified atom stereocenters. The second-order valence-electron chi connectivity index (χ2n) is 7.48. The minimum absolute atomic E-state index is 0.00358.